The summed E-state index contributed by atoms with van der Waals surface area (Å²) in [6, 6.07) is 4.49. The molecule has 1 rings (SSSR count). The lowest BCUT2D eigenvalue weighted by atomic mass is 9.86. The van der Waals surface area contributed by atoms with E-state index in [0.717, 1.165) is 12.0 Å². The summed E-state index contributed by atoms with van der Waals surface area (Å²) in [4.78, 5) is 11.9. The molecular weight excluding hydrogens is 255 g/mol. The van der Waals surface area contributed by atoms with Crippen LogP contribution < -0.4 is 0 Å². The molecule has 0 radical (unpaired) electrons. The molecule has 0 bridgehead atoms. The van der Waals surface area contributed by atoms with Gasteiger partial charge in [-0.25, -0.2) is 4.39 Å². The molecule has 4 heteroatoms. The van der Waals surface area contributed by atoms with Gasteiger partial charge in [-0.15, -0.1) is 0 Å². The maximum atomic E-state index is 13.0. The Labute approximate surface area is 112 Å². The van der Waals surface area contributed by atoms with Crippen molar-refractivity contribution in [3.8, 4) is 0 Å². The van der Waals surface area contributed by atoms with Gasteiger partial charge in [0.05, 0.1) is 17.0 Å². The van der Waals surface area contributed by atoms with Gasteiger partial charge in [-0.3, -0.25) is 4.79 Å². The first-order chi connectivity index (χ1) is 8.36. The SMILES string of the molecule is CCCOC(=O)C(C)(C)Cc1ccc(F)c(Cl)c1. The van der Waals surface area contributed by atoms with Crippen LogP contribution in [-0.2, 0) is 16.0 Å². The minimum atomic E-state index is -0.643. The molecule has 0 fully saturated rings. The molecule has 1 aromatic carbocycles. The van der Waals surface area contributed by atoms with Gasteiger partial charge in [0, 0.05) is 0 Å². The van der Waals surface area contributed by atoms with E-state index in [9.17, 15) is 9.18 Å². The second-order valence-corrected chi connectivity index (χ2v) is 5.35. The lowest BCUT2D eigenvalue weighted by Gasteiger charge is -2.22. The van der Waals surface area contributed by atoms with Crippen LogP contribution >= 0.6 is 11.6 Å². The molecule has 0 atom stereocenters. The Morgan fingerprint density at radius 3 is 2.67 bits per heavy atom. The molecule has 0 aliphatic carbocycles. The molecule has 0 unspecified atom stereocenters. The second kappa shape index (κ2) is 6.19. The van der Waals surface area contributed by atoms with Crippen LogP contribution in [-0.4, -0.2) is 12.6 Å². The number of halogens is 2. The summed E-state index contributed by atoms with van der Waals surface area (Å²) in [6.07, 6.45) is 1.26. The summed E-state index contributed by atoms with van der Waals surface area (Å²) in [5.74, 6) is -0.698. The molecule has 0 spiro atoms. The fraction of sp³-hybridized carbons (Fsp3) is 0.500. The summed E-state index contributed by atoms with van der Waals surface area (Å²) in [7, 11) is 0. The van der Waals surface area contributed by atoms with Crippen LogP contribution in [0, 0.1) is 11.2 Å². The molecule has 0 aliphatic rings. The smallest absolute Gasteiger partial charge is 0.311 e. The van der Waals surface area contributed by atoms with Crippen molar-refractivity contribution in [3.63, 3.8) is 0 Å². The fourth-order valence-corrected chi connectivity index (χ4v) is 1.83. The van der Waals surface area contributed by atoms with Gasteiger partial charge in [0.15, 0.2) is 0 Å². The highest BCUT2D eigenvalue weighted by Gasteiger charge is 2.29. The third kappa shape index (κ3) is 3.98. The number of carbonyl (C=O) groups excluding carboxylic acids is 1. The van der Waals surface area contributed by atoms with Gasteiger partial charge < -0.3 is 4.74 Å². The molecule has 0 aliphatic heterocycles. The molecule has 0 amide bonds. The van der Waals surface area contributed by atoms with Crippen LogP contribution in [0.15, 0.2) is 18.2 Å². The largest absolute Gasteiger partial charge is 0.465 e. The van der Waals surface area contributed by atoms with E-state index in [1.165, 1.54) is 6.07 Å². The van der Waals surface area contributed by atoms with Crippen LogP contribution in [0.1, 0.15) is 32.8 Å². The van der Waals surface area contributed by atoms with Crippen molar-refractivity contribution in [2.24, 2.45) is 5.41 Å². The van der Waals surface area contributed by atoms with Crippen LogP contribution in [0.3, 0.4) is 0 Å². The van der Waals surface area contributed by atoms with E-state index in [2.05, 4.69) is 0 Å². The predicted molar refractivity (Wildman–Crippen MR) is 70.1 cm³/mol. The molecule has 0 heterocycles. The Kier molecular flexibility index (Phi) is 5.15. The average Bonchev–Trinajstić information content (AvgIpc) is 2.30. The van der Waals surface area contributed by atoms with E-state index < -0.39 is 11.2 Å². The third-order valence-electron chi connectivity index (χ3n) is 2.62. The zero-order valence-electron chi connectivity index (χ0n) is 10.9. The maximum absolute atomic E-state index is 13.0. The van der Waals surface area contributed by atoms with Gasteiger partial charge >= 0.3 is 5.97 Å². The topological polar surface area (TPSA) is 26.3 Å². The summed E-state index contributed by atoms with van der Waals surface area (Å²) in [5.41, 5.74) is 0.177. The summed E-state index contributed by atoms with van der Waals surface area (Å²) >= 11 is 5.71. The quantitative estimate of drug-likeness (QED) is 0.757. The Balaban J connectivity index is 2.75. The zero-order chi connectivity index (χ0) is 13.8. The van der Waals surface area contributed by atoms with Crippen molar-refractivity contribution < 1.29 is 13.9 Å². The van der Waals surface area contributed by atoms with Gasteiger partial charge in [0.25, 0.3) is 0 Å². The van der Waals surface area contributed by atoms with Gasteiger partial charge in [-0.1, -0.05) is 24.6 Å². The fourth-order valence-electron chi connectivity index (χ4n) is 1.62. The number of benzene rings is 1. The van der Waals surface area contributed by atoms with E-state index in [0.29, 0.717) is 13.0 Å². The minimum absolute atomic E-state index is 0.0743. The van der Waals surface area contributed by atoms with Crippen molar-refractivity contribution in [1.82, 2.24) is 0 Å². The third-order valence-corrected chi connectivity index (χ3v) is 2.91. The van der Waals surface area contributed by atoms with Crippen molar-refractivity contribution in [2.75, 3.05) is 6.61 Å². The van der Waals surface area contributed by atoms with Crippen molar-refractivity contribution in [1.29, 1.82) is 0 Å². The minimum Gasteiger partial charge on any atom is -0.465 e. The predicted octanol–water partition coefficient (Wildman–Crippen LogP) is 4.00. The Morgan fingerprint density at radius 2 is 2.11 bits per heavy atom. The monoisotopic (exact) mass is 272 g/mol. The standard InChI is InChI=1S/C14H18ClFO2/c1-4-7-18-13(17)14(2,3)9-10-5-6-12(16)11(15)8-10/h5-6,8H,4,7,9H2,1-3H3. The lowest BCUT2D eigenvalue weighted by molar-refractivity contribution is -0.153. The van der Waals surface area contributed by atoms with Gasteiger partial charge in [-0.05, 0) is 44.4 Å². The molecule has 18 heavy (non-hydrogen) atoms. The molecule has 0 saturated heterocycles. The van der Waals surface area contributed by atoms with E-state index in [1.54, 1.807) is 12.1 Å². The van der Waals surface area contributed by atoms with Gasteiger partial charge in [-0.2, -0.15) is 0 Å². The lowest BCUT2D eigenvalue weighted by Crippen LogP contribution is -2.29. The van der Waals surface area contributed by atoms with Crippen molar-refractivity contribution in [2.45, 2.75) is 33.6 Å². The van der Waals surface area contributed by atoms with E-state index in [4.69, 9.17) is 16.3 Å². The number of hydrogen-bond donors (Lipinski definition) is 0. The highest BCUT2D eigenvalue weighted by molar-refractivity contribution is 6.30. The number of ether oxygens (including phenoxy) is 1. The first-order valence-corrected chi connectivity index (χ1v) is 6.36. The molecule has 0 aromatic heterocycles. The summed E-state index contributed by atoms with van der Waals surface area (Å²) in [6.45, 7) is 5.98. The summed E-state index contributed by atoms with van der Waals surface area (Å²) < 4.78 is 18.2. The molecule has 1 aromatic rings. The molecule has 0 N–H and O–H groups in total. The maximum Gasteiger partial charge on any atom is 0.311 e. The Hall–Kier alpha value is -1.09. The number of rotatable bonds is 5. The Bertz CT molecular complexity index is 430. The normalized spacial score (nSPS) is 11.4. The van der Waals surface area contributed by atoms with E-state index >= 15 is 0 Å². The Morgan fingerprint density at radius 1 is 1.44 bits per heavy atom. The van der Waals surface area contributed by atoms with E-state index in [1.807, 2.05) is 20.8 Å². The van der Waals surface area contributed by atoms with Crippen molar-refractivity contribution >= 4 is 17.6 Å². The highest BCUT2D eigenvalue weighted by atomic mass is 35.5. The second-order valence-electron chi connectivity index (χ2n) is 4.95. The van der Waals surface area contributed by atoms with E-state index in [-0.39, 0.29) is 11.0 Å². The average molecular weight is 273 g/mol. The first kappa shape index (κ1) is 15.0. The molecule has 100 valence electrons. The zero-order valence-corrected chi connectivity index (χ0v) is 11.7. The molecular formula is C14H18ClFO2. The van der Waals surface area contributed by atoms with Crippen LogP contribution in [0.5, 0.6) is 0 Å². The van der Waals surface area contributed by atoms with Crippen LogP contribution in [0.2, 0.25) is 5.02 Å². The molecule has 0 saturated carbocycles. The number of hydrogen-bond acceptors (Lipinski definition) is 2. The van der Waals surface area contributed by atoms with Gasteiger partial charge in [0.1, 0.15) is 5.82 Å². The highest BCUT2D eigenvalue weighted by Crippen LogP contribution is 2.26. The van der Waals surface area contributed by atoms with Crippen LogP contribution in [0.25, 0.3) is 0 Å². The first-order valence-electron chi connectivity index (χ1n) is 5.98. The number of esters is 1. The summed E-state index contributed by atoms with van der Waals surface area (Å²) in [5, 5.41) is 0.0743. The van der Waals surface area contributed by atoms with Gasteiger partial charge in [0.2, 0.25) is 0 Å². The number of carbonyl (C=O) groups is 1. The molecule has 2 nitrogen and oxygen atoms in total. The van der Waals surface area contributed by atoms with Crippen LogP contribution in [0.4, 0.5) is 4.39 Å². The van der Waals surface area contributed by atoms with Crippen molar-refractivity contribution in [3.05, 3.63) is 34.6 Å².